The van der Waals surface area contributed by atoms with Crippen molar-refractivity contribution in [1.29, 1.82) is 0 Å². The monoisotopic (exact) mass is 379 g/mol. The summed E-state index contributed by atoms with van der Waals surface area (Å²) in [4.78, 5) is 30.7. The zero-order chi connectivity index (χ0) is 18.5. The minimum atomic E-state index is -0.510. The quantitative estimate of drug-likeness (QED) is 0.826. The third-order valence-corrected chi connectivity index (χ3v) is 5.28. The fourth-order valence-electron chi connectivity index (χ4n) is 2.68. The van der Waals surface area contributed by atoms with Crippen LogP contribution < -0.4 is 14.8 Å². The first-order valence-corrected chi connectivity index (χ1v) is 9.12. The number of carbonyl (C=O) groups excluding carboxylic acids is 2. The molecule has 26 heavy (non-hydrogen) atoms. The number of amides is 2. The normalized spacial score (nSPS) is 19.9. The Balaban J connectivity index is 1.60. The van der Waals surface area contributed by atoms with Gasteiger partial charge in [-0.15, -0.1) is 0 Å². The molecule has 8 nitrogen and oxygen atoms in total. The van der Waals surface area contributed by atoms with Gasteiger partial charge in [0.1, 0.15) is 16.7 Å². The first-order valence-electron chi connectivity index (χ1n) is 8.24. The van der Waals surface area contributed by atoms with E-state index in [0.717, 1.165) is 0 Å². The number of nitrogens with zero attached hydrogens (tertiary/aromatic N) is 2. The minimum absolute atomic E-state index is 0.0429. The lowest BCUT2D eigenvalue weighted by molar-refractivity contribution is -0.121. The van der Waals surface area contributed by atoms with E-state index < -0.39 is 5.25 Å². The zero-order valence-corrected chi connectivity index (χ0v) is 15.5. The van der Waals surface area contributed by atoms with Crippen LogP contribution >= 0.6 is 11.8 Å². The van der Waals surface area contributed by atoms with Crippen molar-refractivity contribution in [2.45, 2.75) is 11.7 Å². The summed E-state index contributed by atoms with van der Waals surface area (Å²) in [6.07, 6.45) is 0.0429. The smallest absolute Gasteiger partial charge is 0.262 e. The van der Waals surface area contributed by atoms with E-state index in [-0.39, 0.29) is 18.2 Å². The van der Waals surface area contributed by atoms with Crippen molar-refractivity contribution in [3.8, 4) is 11.5 Å². The molecule has 140 valence electrons. The van der Waals surface area contributed by atoms with Gasteiger partial charge in [-0.05, 0) is 12.1 Å². The molecule has 2 heterocycles. The highest BCUT2D eigenvalue weighted by Gasteiger charge is 2.33. The van der Waals surface area contributed by atoms with Gasteiger partial charge in [-0.25, -0.2) is 0 Å². The van der Waals surface area contributed by atoms with E-state index in [1.165, 1.54) is 18.9 Å². The highest BCUT2D eigenvalue weighted by atomic mass is 32.2. The number of anilines is 1. The molecule has 2 aliphatic rings. The van der Waals surface area contributed by atoms with Crippen LogP contribution in [0.1, 0.15) is 6.42 Å². The van der Waals surface area contributed by atoms with E-state index in [0.29, 0.717) is 48.7 Å². The Morgan fingerprint density at radius 1 is 1.35 bits per heavy atom. The van der Waals surface area contributed by atoms with Crippen molar-refractivity contribution < 1.29 is 23.8 Å². The van der Waals surface area contributed by atoms with Crippen LogP contribution in [0.2, 0.25) is 0 Å². The number of carbonyl (C=O) groups is 2. The summed E-state index contributed by atoms with van der Waals surface area (Å²) in [5, 5.41) is 2.95. The fourth-order valence-corrected chi connectivity index (χ4v) is 3.80. The second kappa shape index (κ2) is 8.41. The number of hydrogen-bond acceptors (Lipinski definition) is 7. The van der Waals surface area contributed by atoms with Gasteiger partial charge in [-0.1, -0.05) is 11.8 Å². The standard InChI is InChI=1S/C17H21N3O5S/c1-23-11-3-4-13(24-2)12(9-11)18-15(21)10-14-16(22)19-17(26-14)20-5-7-25-8-6-20/h3-4,9,14H,5-8,10H2,1-2H3,(H,18,21)/t14-/m0/s1. The molecule has 0 spiro atoms. The second-order valence-electron chi connectivity index (χ2n) is 5.76. The van der Waals surface area contributed by atoms with Crippen LogP contribution in [0.5, 0.6) is 11.5 Å². The summed E-state index contributed by atoms with van der Waals surface area (Å²) in [7, 11) is 3.07. The van der Waals surface area contributed by atoms with Crippen LogP contribution in [0.15, 0.2) is 23.2 Å². The van der Waals surface area contributed by atoms with Crippen LogP contribution in [-0.2, 0) is 14.3 Å². The molecule has 0 unspecified atom stereocenters. The van der Waals surface area contributed by atoms with Crippen molar-refractivity contribution in [1.82, 2.24) is 4.90 Å². The lowest BCUT2D eigenvalue weighted by atomic mass is 10.2. The van der Waals surface area contributed by atoms with Gasteiger partial charge < -0.3 is 24.4 Å². The molecule has 1 saturated heterocycles. The Morgan fingerprint density at radius 2 is 2.12 bits per heavy atom. The van der Waals surface area contributed by atoms with Crippen LogP contribution in [-0.4, -0.2) is 67.7 Å². The highest BCUT2D eigenvalue weighted by Crippen LogP contribution is 2.31. The first-order chi connectivity index (χ1) is 12.6. The predicted octanol–water partition coefficient (Wildman–Crippen LogP) is 1.36. The van der Waals surface area contributed by atoms with Gasteiger partial charge >= 0.3 is 0 Å². The van der Waals surface area contributed by atoms with Crippen LogP contribution in [0.25, 0.3) is 0 Å². The van der Waals surface area contributed by atoms with E-state index in [2.05, 4.69) is 10.3 Å². The van der Waals surface area contributed by atoms with Crippen LogP contribution in [0, 0.1) is 0 Å². The number of ether oxygens (including phenoxy) is 3. The Labute approximate surface area is 155 Å². The maximum absolute atomic E-state index is 12.4. The third-order valence-electron chi connectivity index (χ3n) is 4.06. The number of rotatable bonds is 5. The Bertz CT molecular complexity index is 718. The number of nitrogens with one attached hydrogen (secondary N) is 1. The van der Waals surface area contributed by atoms with Crippen molar-refractivity contribution in [2.24, 2.45) is 4.99 Å². The second-order valence-corrected chi connectivity index (χ2v) is 6.93. The molecule has 0 aromatic heterocycles. The molecular weight excluding hydrogens is 358 g/mol. The molecule has 2 aliphatic heterocycles. The molecule has 2 amide bonds. The maximum Gasteiger partial charge on any atom is 0.262 e. The summed E-state index contributed by atoms with van der Waals surface area (Å²) >= 11 is 1.34. The molecule has 1 aromatic carbocycles. The van der Waals surface area contributed by atoms with Gasteiger partial charge in [-0.2, -0.15) is 4.99 Å². The number of morpholine rings is 1. The van der Waals surface area contributed by atoms with Gasteiger partial charge in [-0.3, -0.25) is 9.59 Å². The number of methoxy groups -OCH3 is 2. The number of hydrogen-bond donors (Lipinski definition) is 1. The summed E-state index contributed by atoms with van der Waals surface area (Å²) in [6.45, 7) is 2.65. The third kappa shape index (κ3) is 4.28. The van der Waals surface area contributed by atoms with Gasteiger partial charge in [0, 0.05) is 25.6 Å². The molecule has 1 N–H and O–H groups in total. The number of aliphatic imine (C=N–C) groups is 1. The largest absolute Gasteiger partial charge is 0.497 e. The maximum atomic E-state index is 12.4. The van der Waals surface area contributed by atoms with Crippen molar-refractivity contribution in [2.75, 3.05) is 45.8 Å². The lowest BCUT2D eigenvalue weighted by Crippen LogP contribution is -2.39. The molecule has 0 bridgehead atoms. The predicted molar refractivity (Wildman–Crippen MR) is 99.0 cm³/mol. The molecule has 9 heteroatoms. The van der Waals surface area contributed by atoms with E-state index in [4.69, 9.17) is 14.2 Å². The fraction of sp³-hybridized carbons (Fsp3) is 0.471. The first kappa shape index (κ1) is 18.5. The average Bonchev–Trinajstić information content (AvgIpc) is 3.02. The summed E-state index contributed by atoms with van der Waals surface area (Å²) in [6, 6.07) is 5.13. The summed E-state index contributed by atoms with van der Waals surface area (Å²) < 4.78 is 15.7. The zero-order valence-electron chi connectivity index (χ0n) is 14.7. The van der Waals surface area contributed by atoms with Crippen molar-refractivity contribution in [3.05, 3.63) is 18.2 Å². The van der Waals surface area contributed by atoms with E-state index >= 15 is 0 Å². The molecule has 3 rings (SSSR count). The van der Waals surface area contributed by atoms with Crippen molar-refractivity contribution >= 4 is 34.4 Å². The van der Waals surface area contributed by atoms with Crippen LogP contribution in [0.4, 0.5) is 5.69 Å². The van der Waals surface area contributed by atoms with E-state index in [9.17, 15) is 9.59 Å². The topological polar surface area (TPSA) is 89.5 Å². The van der Waals surface area contributed by atoms with Gasteiger partial charge in [0.25, 0.3) is 5.91 Å². The van der Waals surface area contributed by atoms with Crippen LogP contribution in [0.3, 0.4) is 0 Å². The van der Waals surface area contributed by atoms with Gasteiger partial charge in [0.15, 0.2) is 5.17 Å². The molecule has 0 radical (unpaired) electrons. The Hall–Kier alpha value is -2.26. The lowest BCUT2D eigenvalue weighted by Gasteiger charge is -2.27. The molecule has 1 aromatic rings. The molecule has 0 aliphatic carbocycles. The Kier molecular flexibility index (Phi) is 6.00. The molecule has 1 fully saturated rings. The van der Waals surface area contributed by atoms with Crippen molar-refractivity contribution in [3.63, 3.8) is 0 Å². The van der Waals surface area contributed by atoms with Gasteiger partial charge in [0.2, 0.25) is 5.91 Å². The van der Waals surface area contributed by atoms with Gasteiger partial charge in [0.05, 0.1) is 33.1 Å². The number of amidine groups is 1. The number of benzene rings is 1. The summed E-state index contributed by atoms with van der Waals surface area (Å²) in [5.41, 5.74) is 0.501. The van der Waals surface area contributed by atoms with E-state index in [1.54, 1.807) is 25.3 Å². The highest BCUT2D eigenvalue weighted by molar-refractivity contribution is 8.15. The molecular formula is C17H21N3O5S. The average molecular weight is 379 g/mol. The molecule has 0 saturated carbocycles. The van der Waals surface area contributed by atoms with E-state index in [1.807, 2.05) is 4.90 Å². The summed E-state index contributed by atoms with van der Waals surface area (Å²) in [5.74, 6) is 0.574. The minimum Gasteiger partial charge on any atom is -0.497 e. The Morgan fingerprint density at radius 3 is 2.81 bits per heavy atom. The number of thioether (sulfide) groups is 1. The SMILES string of the molecule is COc1ccc(OC)c(NC(=O)C[C@@H]2SC(N3CCOCC3)=NC2=O)c1. The molecule has 1 atom stereocenters.